The van der Waals surface area contributed by atoms with Gasteiger partial charge in [-0.1, -0.05) is 0 Å². The molecule has 72 valence electrons. The average molecular weight is 197 g/mol. The Bertz CT molecular complexity index is 587. The maximum absolute atomic E-state index is 4.24. The quantitative estimate of drug-likeness (QED) is 0.588. The predicted octanol–water partition coefficient (Wildman–Crippen LogP) is 1.19. The third-order valence-electron chi connectivity index (χ3n) is 2.12. The molecule has 0 radical (unpaired) electrons. The second kappa shape index (κ2) is 3.13. The van der Waals surface area contributed by atoms with Crippen LogP contribution in [0.3, 0.4) is 0 Å². The molecule has 0 aliphatic heterocycles. The van der Waals surface area contributed by atoms with Crippen LogP contribution in [0, 0.1) is 0 Å². The lowest BCUT2D eigenvalue weighted by Gasteiger charge is -1.97. The van der Waals surface area contributed by atoms with Crippen molar-refractivity contribution in [3.8, 4) is 11.4 Å². The maximum Gasteiger partial charge on any atom is 0.154 e. The Labute approximate surface area is 85.5 Å². The van der Waals surface area contributed by atoms with Gasteiger partial charge in [-0.15, -0.1) is 0 Å². The number of hydrogen-bond donors (Lipinski definition) is 0. The highest BCUT2D eigenvalue weighted by molar-refractivity contribution is 5.58. The van der Waals surface area contributed by atoms with E-state index < -0.39 is 0 Å². The lowest BCUT2D eigenvalue weighted by molar-refractivity contribution is 0.936. The summed E-state index contributed by atoms with van der Waals surface area (Å²) in [6.45, 7) is 0. The molecule has 0 unspecified atom stereocenters. The molecule has 3 aromatic rings. The second-order valence-electron chi connectivity index (χ2n) is 3.03. The topological polar surface area (TPSA) is 56.0 Å². The highest BCUT2D eigenvalue weighted by Gasteiger charge is 2.06. The van der Waals surface area contributed by atoms with Crippen LogP contribution in [0.15, 0.2) is 43.1 Å². The number of aromatic nitrogens is 5. The molecule has 3 rings (SSSR count). The summed E-state index contributed by atoms with van der Waals surface area (Å²) < 4.78 is 1.75. The van der Waals surface area contributed by atoms with Gasteiger partial charge in [0.05, 0.1) is 11.9 Å². The largest absolute Gasteiger partial charge is 0.245 e. The van der Waals surface area contributed by atoms with Gasteiger partial charge in [0.25, 0.3) is 0 Å². The molecular formula is C10H7N5. The zero-order valence-corrected chi connectivity index (χ0v) is 7.78. The van der Waals surface area contributed by atoms with Crippen molar-refractivity contribution in [3.63, 3.8) is 0 Å². The van der Waals surface area contributed by atoms with E-state index in [1.165, 1.54) is 6.33 Å². The monoisotopic (exact) mass is 197 g/mol. The van der Waals surface area contributed by atoms with Crippen molar-refractivity contribution >= 4 is 5.65 Å². The zero-order valence-electron chi connectivity index (χ0n) is 7.78. The van der Waals surface area contributed by atoms with Crippen LogP contribution in [0.4, 0.5) is 0 Å². The van der Waals surface area contributed by atoms with Crippen LogP contribution in [-0.4, -0.2) is 24.6 Å². The molecule has 0 atom stereocenters. The zero-order chi connectivity index (χ0) is 10.1. The molecule has 5 heteroatoms. The Morgan fingerprint density at radius 3 is 2.93 bits per heavy atom. The summed E-state index contributed by atoms with van der Waals surface area (Å²) in [5.74, 6) is 0. The molecule has 0 amide bonds. The van der Waals surface area contributed by atoms with Crippen molar-refractivity contribution in [2.24, 2.45) is 0 Å². The molecule has 0 aliphatic rings. The van der Waals surface area contributed by atoms with Crippen LogP contribution < -0.4 is 0 Å². The van der Waals surface area contributed by atoms with Crippen LogP contribution in [0.25, 0.3) is 17.0 Å². The standard InChI is InChI=1S/C10H7N5/c1-2-10-12-6-9(15(10)14-4-1)8-3-5-11-7-13-8/h1-7H. The van der Waals surface area contributed by atoms with Gasteiger partial charge >= 0.3 is 0 Å². The first kappa shape index (κ1) is 8.05. The Hall–Kier alpha value is -2.30. The molecule has 0 fully saturated rings. The summed E-state index contributed by atoms with van der Waals surface area (Å²) in [7, 11) is 0. The van der Waals surface area contributed by atoms with Crippen molar-refractivity contribution in [2.75, 3.05) is 0 Å². The van der Waals surface area contributed by atoms with Crippen LogP contribution >= 0.6 is 0 Å². The number of imidazole rings is 1. The summed E-state index contributed by atoms with van der Waals surface area (Å²) in [5, 5.41) is 4.21. The highest BCUT2D eigenvalue weighted by atomic mass is 15.3. The van der Waals surface area contributed by atoms with Crippen molar-refractivity contribution in [3.05, 3.63) is 43.1 Å². The van der Waals surface area contributed by atoms with Crippen LogP contribution in [0.2, 0.25) is 0 Å². The van der Waals surface area contributed by atoms with Gasteiger partial charge in [0.1, 0.15) is 12.0 Å². The Kier molecular flexibility index (Phi) is 1.68. The van der Waals surface area contributed by atoms with E-state index in [0.29, 0.717) is 0 Å². The first-order valence-electron chi connectivity index (χ1n) is 4.50. The van der Waals surface area contributed by atoms with Crippen LogP contribution in [0.1, 0.15) is 0 Å². The third kappa shape index (κ3) is 1.25. The molecule has 0 saturated carbocycles. The van der Waals surface area contributed by atoms with Gasteiger partial charge < -0.3 is 0 Å². The fourth-order valence-electron chi connectivity index (χ4n) is 1.45. The van der Waals surface area contributed by atoms with Crippen LogP contribution in [-0.2, 0) is 0 Å². The summed E-state index contributed by atoms with van der Waals surface area (Å²) in [4.78, 5) is 12.3. The fourth-order valence-corrected chi connectivity index (χ4v) is 1.45. The van der Waals surface area contributed by atoms with Gasteiger partial charge in [-0.2, -0.15) is 5.10 Å². The molecule has 15 heavy (non-hydrogen) atoms. The smallest absolute Gasteiger partial charge is 0.154 e. The van der Waals surface area contributed by atoms with Gasteiger partial charge in [-0.05, 0) is 18.2 Å². The summed E-state index contributed by atoms with van der Waals surface area (Å²) in [6, 6.07) is 5.59. The van der Waals surface area contributed by atoms with Gasteiger partial charge in [0.2, 0.25) is 0 Å². The molecule has 0 aromatic carbocycles. The van der Waals surface area contributed by atoms with Gasteiger partial charge in [0, 0.05) is 12.4 Å². The van der Waals surface area contributed by atoms with E-state index >= 15 is 0 Å². The first-order valence-corrected chi connectivity index (χ1v) is 4.50. The van der Waals surface area contributed by atoms with Crippen molar-refractivity contribution < 1.29 is 0 Å². The Balaban J connectivity index is 2.28. The Morgan fingerprint density at radius 2 is 2.07 bits per heavy atom. The Morgan fingerprint density at radius 1 is 1.07 bits per heavy atom. The summed E-state index contributed by atoms with van der Waals surface area (Å²) in [5.41, 5.74) is 2.50. The number of fused-ring (bicyclic) bond motifs is 1. The average Bonchev–Trinajstić information content (AvgIpc) is 2.74. The number of nitrogens with zero attached hydrogens (tertiary/aromatic N) is 5. The molecule has 3 heterocycles. The van der Waals surface area contributed by atoms with E-state index in [2.05, 4.69) is 20.1 Å². The van der Waals surface area contributed by atoms with E-state index in [4.69, 9.17) is 0 Å². The molecular weight excluding hydrogens is 190 g/mol. The first-order chi connectivity index (χ1) is 7.45. The van der Waals surface area contributed by atoms with Crippen LogP contribution in [0.5, 0.6) is 0 Å². The second-order valence-corrected chi connectivity index (χ2v) is 3.03. The predicted molar refractivity (Wildman–Crippen MR) is 54.0 cm³/mol. The molecule has 0 aliphatic carbocycles. The van der Waals surface area contributed by atoms with E-state index in [-0.39, 0.29) is 0 Å². The molecule has 0 spiro atoms. The third-order valence-corrected chi connectivity index (χ3v) is 2.12. The number of hydrogen-bond acceptors (Lipinski definition) is 4. The van der Waals surface area contributed by atoms with Gasteiger partial charge in [-0.3, -0.25) is 0 Å². The van der Waals surface area contributed by atoms with Gasteiger partial charge in [-0.25, -0.2) is 19.5 Å². The lowest BCUT2D eigenvalue weighted by atomic mass is 10.3. The minimum atomic E-state index is 0.811. The van der Waals surface area contributed by atoms with E-state index in [1.807, 2.05) is 18.2 Å². The minimum absolute atomic E-state index is 0.811. The van der Waals surface area contributed by atoms with E-state index in [9.17, 15) is 0 Å². The van der Waals surface area contributed by atoms with E-state index in [0.717, 1.165) is 17.0 Å². The van der Waals surface area contributed by atoms with Crippen molar-refractivity contribution in [1.82, 2.24) is 24.6 Å². The summed E-state index contributed by atoms with van der Waals surface area (Å²) in [6.07, 6.45) is 6.69. The fraction of sp³-hybridized carbons (Fsp3) is 0. The molecule has 0 N–H and O–H groups in total. The van der Waals surface area contributed by atoms with Crippen molar-refractivity contribution in [1.29, 1.82) is 0 Å². The molecule has 0 bridgehead atoms. The summed E-state index contributed by atoms with van der Waals surface area (Å²) >= 11 is 0. The molecule has 5 nitrogen and oxygen atoms in total. The molecule has 0 saturated heterocycles. The SMILES string of the molecule is c1cnn2c(-c3ccncn3)cnc2c1. The molecule has 3 aromatic heterocycles. The minimum Gasteiger partial charge on any atom is -0.245 e. The maximum atomic E-state index is 4.24. The number of rotatable bonds is 1. The lowest BCUT2D eigenvalue weighted by Crippen LogP contribution is -1.94. The van der Waals surface area contributed by atoms with Gasteiger partial charge in [0.15, 0.2) is 5.65 Å². The van der Waals surface area contributed by atoms with E-state index in [1.54, 1.807) is 23.1 Å². The highest BCUT2D eigenvalue weighted by Crippen LogP contribution is 2.15. The van der Waals surface area contributed by atoms with Crippen molar-refractivity contribution in [2.45, 2.75) is 0 Å². The normalized spacial score (nSPS) is 10.7.